The van der Waals surface area contributed by atoms with Crippen LogP contribution in [0.1, 0.15) is 31.5 Å². The van der Waals surface area contributed by atoms with Crippen LogP contribution in [0.3, 0.4) is 0 Å². The monoisotopic (exact) mass is 239 g/mol. The van der Waals surface area contributed by atoms with E-state index in [9.17, 15) is 0 Å². The molecule has 1 N–H and O–H groups in total. The van der Waals surface area contributed by atoms with Crippen molar-refractivity contribution in [2.24, 2.45) is 18.9 Å². The third-order valence-corrected chi connectivity index (χ3v) is 4.64. The molecule has 1 heterocycles. The number of imidazole rings is 1. The van der Waals surface area contributed by atoms with Crippen LogP contribution in [0.5, 0.6) is 0 Å². The van der Waals surface area contributed by atoms with Gasteiger partial charge in [0.15, 0.2) is 0 Å². The fraction of sp³-hybridized carbons (Fsp3) is 0.750. The molecule has 2 aliphatic rings. The number of nitrogens with one attached hydrogen (secondary N) is 1. The van der Waals surface area contributed by atoms with Gasteiger partial charge in [-0.3, -0.25) is 0 Å². The second-order valence-electron chi connectivity index (χ2n) is 5.22. The van der Waals surface area contributed by atoms with Gasteiger partial charge in [0, 0.05) is 13.1 Å². The summed E-state index contributed by atoms with van der Waals surface area (Å²) in [6.07, 6.45) is 7.40. The molecule has 0 saturated heterocycles. The molecule has 1 aromatic heterocycles. The second kappa shape index (κ2) is 4.04. The van der Waals surface area contributed by atoms with E-state index in [0.717, 1.165) is 24.2 Å². The van der Waals surface area contributed by atoms with Gasteiger partial charge < -0.3 is 9.88 Å². The fourth-order valence-electron chi connectivity index (χ4n) is 3.31. The molecule has 16 heavy (non-hydrogen) atoms. The maximum absolute atomic E-state index is 5.96. The Morgan fingerprint density at radius 2 is 2.38 bits per heavy atom. The van der Waals surface area contributed by atoms with Crippen LogP contribution in [0.25, 0.3) is 0 Å². The third-order valence-electron chi connectivity index (χ3n) is 4.29. The van der Waals surface area contributed by atoms with Gasteiger partial charge in [-0.05, 0) is 31.1 Å². The predicted molar refractivity (Wildman–Crippen MR) is 64.3 cm³/mol. The van der Waals surface area contributed by atoms with Crippen molar-refractivity contribution in [2.75, 3.05) is 0 Å². The summed E-state index contributed by atoms with van der Waals surface area (Å²) in [5.74, 6) is 2.95. The summed E-state index contributed by atoms with van der Waals surface area (Å²) in [5, 5.41) is 4.35. The van der Waals surface area contributed by atoms with Gasteiger partial charge in [0.05, 0.1) is 12.7 Å². The summed E-state index contributed by atoms with van der Waals surface area (Å²) >= 11 is 5.96. The van der Waals surface area contributed by atoms with Gasteiger partial charge in [0.2, 0.25) is 0 Å². The minimum Gasteiger partial charge on any atom is -0.321 e. The van der Waals surface area contributed by atoms with Gasteiger partial charge in [-0.15, -0.1) is 0 Å². The Morgan fingerprint density at radius 1 is 1.50 bits per heavy atom. The zero-order chi connectivity index (χ0) is 11.1. The first-order valence-corrected chi connectivity index (χ1v) is 6.51. The topological polar surface area (TPSA) is 29.9 Å². The Kier molecular flexibility index (Phi) is 2.68. The largest absolute Gasteiger partial charge is 0.321 e. The fourth-order valence-corrected chi connectivity index (χ4v) is 3.45. The van der Waals surface area contributed by atoms with Gasteiger partial charge >= 0.3 is 0 Å². The van der Waals surface area contributed by atoms with Gasteiger partial charge in [-0.2, -0.15) is 0 Å². The highest BCUT2D eigenvalue weighted by atomic mass is 35.5. The number of halogens is 1. The van der Waals surface area contributed by atoms with Crippen LogP contribution in [0, 0.1) is 11.8 Å². The van der Waals surface area contributed by atoms with E-state index in [2.05, 4.69) is 10.3 Å². The van der Waals surface area contributed by atoms with E-state index in [1.165, 1.54) is 25.7 Å². The molecule has 3 unspecified atom stereocenters. The predicted octanol–water partition coefficient (Wildman–Crippen LogP) is 2.35. The van der Waals surface area contributed by atoms with Crippen LogP contribution in [-0.2, 0) is 13.6 Å². The van der Waals surface area contributed by atoms with Crippen LogP contribution in [0.2, 0.25) is 5.15 Å². The zero-order valence-corrected chi connectivity index (χ0v) is 10.4. The van der Waals surface area contributed by atoms with Gasteiger partial charge in [-0.1, -0.05) is 18.0 Å². The quantitative estimate of drug-likeness (QED) is 0.878. The van der Waals surface area contributed by atoms with Crippen molar-refractivity contribution in [3.05, 3.63) is 17.2 Å². The third kappa shape index (κ3) is 1.76. The maximum atomic E-state index is 5.96. The number of hydrogen-bond acceptors (Lipinski definition) is 2. The van der Waals surface area contributed by atoms with Gasteiger partial charge in [0.25, 0.3) is 0 Å². The summed E-state index contributed by atoms with van der Waals surface area (Å²) < 4.78 is 1.95. The molecule has 0 amide bonds. The van der Waals surface area contributed by atoms with Crippen molar-refractivity contribution in [3.8, 4) is 0 Å². The van der Waals surface area contributed by atoms with Crippen LogP contribution in [0.4, 0.5) is 0 Å². The van der Waals surface area contributed by atoms with Crippen LogP contribution < -0.4 is 5.32 Å². The number of hydrogen-bond donors (Lipinski definition) is 1. The Labute approximate surface area is 101 Å². The molecule has 2 saturated carbocycles. The second-order valence-corrected chi connectivity index (χ2v) is 5.61. The highest BCUT2D eigenvalue weighted by Gasteiger charge is 2.39. The van der Waals surface area contributed by atoms with Crippen molar-refractivity contribution in [3.63, 3.8) is 0 Å². The average molecular weight is 240 g/mol. The highest BCUT2D eigenvalue weighted by Crippen LogP contribution is 2.44. The lowest BCUT2D eigenvalue weighted by molar-refractivity contribution is 0.346. The molecule has 0 radical (unpaired) electrons. The SMILES string of the molecule is Cn1c(Cl)cnc1CNC1CC2CCC1C2. The van der Waals surface area contributed by atoms with Crippen molar-refractivity contribution >= 4 is 11.6 Å². The molecule has 3 atom stereocenters. The molecule has 0 spiro atoms. The summed E-state index contributed by atoms with van der Waals surface area (Å²) in [5.41, 5.74) is 0. The molecule has 1 aromatic rings. The molecule has 4 heteroatoms. The summed E-state index contributed by atoms with van der Waals surface area (Å²) in [6.45, 7) is 0.844. The normalized spacial score (nSPS) is 32.5. The molecular formula is C12H18ClN3. The molecule has 88 valence electrons. The van der Waals surface area contributed by atoms with E-state index in [-0.39, 0.29) is 0 Å². The molecular weight excluding hydrogens is 222 g/mol. The number of rotatable bonds is 3. The number of nitrogens with zero attached hydrogens (tertiary/aromatic N) is 2. The lowest BCUT2D eigenvalue weighted by Gasteiger charge is -2.22. The van der Waals surface area contributed by atoms with Crippen molar-refractivity contribution in [1.29, 1.82) is 0 Å². The number of fused-ring (bicyclic) bond motifs is 2. The summed E-state index contributed by atoms with van der Waals surface area (Å²) in [7, 11) is 1.97. The molecule has 3 rings (SSSR count). The summed E-state index contributed by atoms with van der Waals surface area (Å²) in [6, 6.07) is 0.717. The first kappa shape index (κ1) is 10.6. The minimum atomic E-state index is 0.713. The zero-order valence-electron chi connectivity index (χ0n) is 9.62. The van der Waals surface area contributed by atoms with E-state index >= 15 is 0 Å². The maximum Gasteiger partial charge on any atom is 0.128 e. The van der Waals surface area contributed by atoms with E-state index in [1.807, 2.05) is 11.6 Å². The number of aromatic nitrogens is 2. The lowest BCUT2D eigenvalue weighted by atomic mass is 9.95. The summed E-state index contributed by atoms with van der Waals surface area (Å²) in [4.78, 5) is 4.31. The standard InChI is InChI=1S/C12H18ClN3/c1-16-11(13)6-15-12(16)7-14-10-5-8-2-3-9(10)4-8/h6,8-10,14H,2-5,7H2,1H3. The van der Waals surface area contributed by atoms with Crippen LogP contribution in [-0.4, -0.2) is 15.6 Å². The van der Waals surface area contributed by atoms with E-state index in [1.54, 1.807) is 6.20 Å². The molecule has 2 aliphatic carbocycles. The van der Waals surface area contributed by atoms with Gasteiger partial charge in [-0.25, -0.2) is 4.98 Å². The van der Waals surface area contributed by atoms with E-state index < -0.39 is 0 Å². The minimum absolute atomic E-state index is 0.713. The molecule has 2 bridgehead atoms. The Balaban J connectivity index is 1.59. The molecule has 0 aliphatic heterocycles. The molecule has 0 aromatic carbocycles. The Morgan fingerprint density at radius 3 is 2.94 bits per heavy atom. The first-order valence-electron chi connectivity index (χ1n) is 6.13. The van der Waals surface area contributed by atoms with Crippen molar-refractivity contribution in [2.45, 2.75) is 38.3 Å². The first-order chi connectivity index (χ1) is 7.74. The van der Waals surface area contributed by atoms with Crippen molar-refractivity contribution < 1.29 is 0 Å². The van der Waals surface area contributed by atoms with Gasteiger partial charge in [0.1, 0.15) is 11.0 Å². The Hall–Kier alpha value is -0.540. The van der Waals surface area contributed by atoms with E-state index in [4.69, 9.17) is 11.6 Å². The van der Waals surface area contributed by atoms with Crippen molar-refractivity contribution in [1.82, 2.24) is 14.9 Å². The highest BCUT2D eigenvalue weighted by molar-refractivity contribution is 6.29. The average Bonchev–Trinajstić information content (AvgIpc) is 2.95. The van der Waals surface area contributed by atoms with E-state index in [0.29, 0.717) is 11.2 Å². The molecule has 3 nitrogen and oxygen atoms in total. The Bertz CT molecular complexity index is 388. The van der Waals surface area contributed by atoms with Crippen LogP contribution >= 0.6 is 11.6 Å². The van der Waals surface area contributed by atoms with Crippen LogP contribution in [0.15, 0.2) is 6.20 Å². The molecule has 2 fully saturated rings. The lowest BCUT2D eigenvalue weighted by Crippen LogP contribution is -2.34. The smallest absolute Gasteiger partial charge is 0.128 e.